The number of hydrogen-bond donors (Lipinski definition) is 4. The van der Waals surface area contributed by atoms with Gasteiger partial charge >= 0.3 is 12.1 Å². The molecule has 0 saturated carbocycles. The molecule has 3 aromatic carbocycles. The Labute approximate surface area is 246 Å². The van der Waals surface area contributed by atoms with Gasteiger partial charge in [-0.25, -0.2) is 9.59 Å². The fourth-order valence-corrected chi connectivity index (χ4v) is 5.22. The second-order valence-corrected chi connectivity index (χ2v) is 12.6. The Morgan fingerprint density at radius 3 is 2.09 bits per heavy atom. The third-order valence-corrected chi connectivity index (χ3v) is 7.06. The number of alkyl carbamates (subject to hydrolysis) is 1. The summed E-state index contributed by atoms with van der Waals surface area (Å²) in [5.41, 5.74) is -0.902. The van der Waals surface area contributed by atoms with Crippen molar-refractivity contribution in [2.75, 3.05) is 18.2 Å². The standard InChI is InChI=1S/C29H28N2O11S/c1-28(2,3)42-27(36)31-22(14-39-43(4,37)38)25(34)30-15-5-8-19-18(11-15)26(35)41-29(19)20-9-6-16(32)12-23(20)40-24-13-17(33)7-10-21(24)29/h5-13,22,32-33H,14H2,1-4H3,(H,30,34)(H,31,36)/t22-/m0/s1. The Kier molecular flexibility index (Phi) is 7.22. The number of esters is 1. The lowest BCUT2D eigenvalue weighted by Gasteiger charge is -2.36. The molecule has 0 bridgehead atoms. The van der Waals surface area contributed by atoms with Crippen LogP contribution >= 0.6 is 0 Å². The van der Waals surface area contributed by atoms with Crippen LogP contribution in [0, 0.1) is 0 Å². The molecule has 0 unspecified atom stereocenters. The molecular formula is C29H28N2O11S. The maximum atomic E-state index is 13.3. The van der Waals surface area contributed by atoms with E-state index in [9.17, 15) is 33.0 Å². The number of rotatable bonds is 6. The van der Waals surface area contributed by atoms with Crippen LogP contribution in [-0.2, 0) is 34.2 Å². The van der Waals surface area contributed by atoms with Crippen LogP contribution in [0.15, 0.2) is 54.6 Å². The van der Waals surface area contributed by atoms with Crippen molar-refractivity contribution in [2.45, 2.75) is 38.0 Å². The summed E-state index contributed by atoms with van der Waals surface area (Å²) >= 11 is 0. The molecule has 3 aromatic rings. The maximum Gasteiger partial charge on any atom is 0.408 e. The number of benzene rings is 3. The second-order valence-electron chi connectivity index (χ2n) is 11.0. The number of amides is 2. The lowest BCUT2D eigenvalue weighted by molar-refractivity contribution is -0.118. The molecule has 1 spiro atoms. The van der Waals surface area contributed by atoms with Gasteiger partial charge in [0.1, 0.15) is 34.6 Å². The number of nitrogens with one attached hydrogen (secondary N) is 2. The lowest BCUT2D eigenvalue weighted by atomic mass is 9.77. The maximum absolute atomic E-state index is 13.3. The lowest BCUT2D eigenvalue weighted by Crippen LogP contribution is -2.48. The summed E-state index contributed by atoms with van der Waals surface area (Å²) in [5.74, 6) is -1.33. The normalized spacial score (nSPS) is 15.3. The first-order valence-corrected chi connectivity index (χ1v) is 14.7. The van der Waals surface area contributed by atoms with Gasteiger partial charge in [0.2, 0.25) is 5.91 Å². The Balaban J connectivity index is 1.49. The highest BCUT2D eigenvalue weighted by Gasteiger charge is 2.53. The van der Waals surface area contributed by atoms with Gasteiger partial charge in [0.15, 0.2) is 5.60 Å². The minimum Gasteiger partial charge on any atom is -0.508 e. The van der Waals surface area contributed by atoms with E-state index in [2.05, 4.69) is 10.6 Å². The van der Waals surface area contributed by atoms with Crippen LogP contribution in [0.4, 0.5) is 10.5 Å². The van der Waals surface area contributed by atoms with E-state index in [0.717, 1.165) is 6.26 Å². The number of phenolic OH excluding ortho intramolecular Hbond substituents is 2. The molecule has 2 aliphatic heterocycles. The van der Waals surface area contributed by atoms with E-state index < -0.39 is 51.9 Å². The van der Waals surface area contributed by atoms with Crippen LogP contribution < -0.4 is 15.4 Å². The highest BCUT2D eigenvalue weighted by Crippen LogP contribution is 2.57. The molecule has 43 heavy (non-hydrogen) atoms. The molecule has 2 amide bonds. The minimum atomic E-state index is -3.96. The molecular weight excluding hydrogens is 584 g/mol. The summed E-state index contributed by atoms with van der Waals surface area (Å²) in [7, 11) is -3.96. The largest absolute Gasteiger partial charge is 0.508 e. The van der Waals surface area contributed by atoms with Gasteiger partial charge in [0.05, 0.1) is 18.4 Å². The monoisotopic (exact) mass is 612 g/mol. The summed E-state index contributed by atoms with van der Waals surface area (Å²) in [6, 6.07) is 11.7. The average molecular weight is 613 g/mol. The van der Waals surface area contributed by atoms with Gasteiger partial charge in [-0.05, 0) is 57.2 Å². The number of carbonyl (C=O) groups is 3. The summed E-state index contributed by atoms with van der Waals surface area (Å²) in [4.78, 5) is 38.8. The van der Waals surface area contributed by atoms with Crippen molar-refractivity contribution in [1.82, 2.24) is 5.32 Å². The van der Waals surface area contributed by atoms with Crippen LogP contribution in [0.2, 0.25) is 0 Å². The van der Waals surface area contributed by atoms with Gasteiger partial charge in [0.25, 0.3) is 10.1 Å². The van der Waals surface area contributed by atoms with Crippen molar-refractivity contribution in [3.05, 3.63) is 76.9 Å². The Hall–Kier alpha value is -4.82. The predicted molar refractivity (Wildman–Crippen MR) is 151 cm³/mol. The molecule has 4 N–H and O–H groups in total. The summed E-state index contributed by atoms with van der Waals surface area (Å²) in [5, 5.41) is 25.0. The minimum absolute atomic E-state index is 0.0884. The van der Waals surface area contributed by atoms with E-state index in [1.54, 1.807) is 39.0 Å². The fraction of sp³-hybridized carbons (Fsp3) is 0.276. The van der Waals surface area contributed by atoms with Crippen LogP contribution in [0.3, 0.4) is 0 Å². The predicted octanol–water partition coefficient (Wildman–Crippen LogP) is 3.47. The molecule has 1 atom stereocenters. The van der Waals surface area contributed by atoms with Crippen LogP contribution in [0.5, 0.6) is 23.0 Å². The zero-order valence-electron chi connectivity index (χ0n) is 23.5. The van der Waals surface area contributed by atoms with E-state index >= 15 is 0 Å². The van der Waals surface area contributed by atoms with E-state index in [1.807, 2.05) is 0 Å². The molecule has 0 saturated heterocycles. The first kappa shape index (κ1) is 29.7. The molecule has 0 fully saturated rings. The fourth-order valence-electron chi connectivity index (χ4n) is 4.84. The van der Waals surface area contributed by atoms with Crippen molar-refractivity contribution in [2.24, 2.45) is 0 Å². The average Bonchev–Trinajstić information content (AvgIpc) is 3.16. The summed E-state index contributed by atoms with van der Waals surface area (Å²) < 4.78 is 45.0. The quantitative estimate of drug-likeness (QED) is 0.236. The molecule has 226 valence electrons. The zero-order valence-corrected chi connectivity index (χ0v) is 24.3. The first-order valence-electron chi connectivity index (χ1n) is 12.9. The Morgan fingerprint density at radius 1 is 0.953 bits per heavy atom. The van der Waals surface area contributed by atoms with Gasteiger partial charge in [-0.1, -0.05) is 6.07 Å². The molecule has 2 heterocycles. The zero-order chi connectivity index (χ0) is 31.3. The first-order chi connectivity index (χ1) is 20.1. The Bertz CT molecular complexity index is 1710. The van der Waals surface area contributed by atoms with Crippen molar-refractivity contribution in [1.29, 1.82) is 0 Å². The number of phenols is 2. The molecule has 5 rings (SSSR count). The summed E-state index contributed by atoms with van der Waals surface area (Å²) in [6.45, 7) is 4.14. The SMILES string of the molecule is CC(C)(C)OC(=O)N[C@@H](COS(C)(=O)=O)C(=O)Nc1ccc2c(c1)C(=O)OC21c2ccc(O)cc2Oc2cc(O)ccc21. The van der Waals surface area contributed by atoms with Crippen molar-refractivity contribution in [3.63, 3.8) is 0 Å². The third kappa shape index (κ3) is 5.92. The number of fused-ring (bicyclic) bond motifs is 6. The van der Waals surface area contributed by atoms with E-state index in [4.69, 9.17) is 18.4 Å². The number of ether oxygens (including phenoxy) is 3. The molecule has 0 aromatic heterocycles. The molecule has 0 aliphatic carbocycles. The Morgan fingerprint density at radius 2 is 1.53 bits per heavy atom. The molecule has 14 heteroatoms. The highest BCUT2D eigenvalue weighted by atomic mass is 32.2. The van der Waals surface area contributed by atoms with Gasteiger partial charge in [-0.3, -0.25) is 8.98 Å². The second kappa shape index (κ2) is 10.5. The van der Waals surface area contributed by atoms with Crippen molar-refractivity contribution < 1.29 is 51.4 Å². The van der Waals surface area contributed by atoms with E-state index in [1.165, 1.54) is 36.4 Å². The van der Waals surface area contributed by atoms with Crippen LogP contribution in [0.1, 0.15) is 47.8 Å². The molecule has 0 radical (unpaired) electrons. The topological polar surface area (TPSA) is 187 Å². The van der Waals surface area contributed by atoms with Crippen LogP contribution in [0.25, 0.3) is 0 Å². The van der Waals surface area contributed by atoms with Crippen molar-refractivity contribution >= 4 is 33.8 Å². The van der Waals surface area contributed by atoms with Gasteiger partial charge in [-0.15, -0.1) is 0 Å². The molecule has 2 aliphatic rings. The van der Waals surface area contributed by atoms with Gasteiger partial charge in [-0.2, -0.15) is 8.42 Å². The highest BCUT2D eigenvalue weighted by molar-refractivity contribution is 7.85. The smallest absolute Gasteiger partial charge is 0.408 e. The number of hydrogen-bond acceptors (Lipinski definition) is 11. The summed E-state index contributed by atoms with van der Waals surface area (Å²) in [6.07, 6.45) is -0.176. The number of carbonyl (C=O) groups excluding carboxylic acids is 3. The van der Waals surface area contributed by atoms with E-state index in [-0.39, 0.29) is 34.2 Å². The number of anilines is 1. The van der Waals surface area contributed by atoms with Gasteiger partial charge < -0.3 is 35.1 Å². The van der Waals surface area contributed by atoms with Gasteiger partial charge in [0, 0.05) is 34.5 Å². The van der Waals surface area contributed by atoms with E-state index in [0.29, 0.717) is 16.7 Å². The third-order valence-electron chi connectivity index (χ3n) is 6.50. The molecule has 13 nitrogen and oxygen atoms in total. The number of aromatic hydroxyl groups is 2. The van der Waals surface area contributed by atoms with Crippen molar-refractivity contribution in [3.8, 4) is 23.0 Å². The van der Waals surface area contributed by atoms with Crippen LogP contribution in [-0.4, -0.2) is 61.1 Å².